The van der Waals surface area contributed by atoms with Crippen LogP contribution in [0.1, 0.15) is 6.42 Å². The van der Waals surface area contributed by atoms with Gasteiger partial charge in [-0.05, 0) is 12.1 Å². The number of terminal acetylenes is 1. The maximum Gasteiger partial charge on any atom is 0.308 e. The monoisotopic (exact) mass is 256 g/mol. The first-order chi connectivity index (χ1) is 9.22. The van der Waals surface area contributed by atoms with Gasteiger partial charge in [0.15, 0.2) is 6.61 Å². The van der Waals surface area contributed by atoms with Gasteiger partial charge in [0.05, 0.1) is 24.7 Å². The van der Waals surface area contributed by atoms with Gasteiger partial charge in [-0.3, -0.25) is 14.3 Å². The molecule has 0 saturated heterocycles. The Morgan fingerprint density at radius 2 is 2.21 bits per heavy atom. The van der Waals surface area contributed by atoms with Gasteiger partial charge in [-0.1, -0.05) is 18.1 Å². The van der Waals surface area contributed by atoms with E-state index in [2.05, 4.69) is 11.0 Å². The van der Waals surface area contributed by atoms with Crippen molar-refractivity contribution in [3.05, 3.63) is 40.7 Å². The van der Waals surface area contributed by atoms with E-state index in [1.807, 2.05) is 6.07 Å². The highest BCUT2D eigenvalue weighted by Crippen LogP contribution is 2.08. The van der Waals surface area contributed by atoms with Crippen LogP contribution in [0.2, 0.25) is 0 Å². The van der Waals surface area contributed by atoms with Gasteiger partial charge in [-0.15, -0.1) is 6.42 Å². The third-order valence-corrected chi connectivity index (χ3v) is 2.61. The maximum atomic E-state index is 11.6. The van der Waals surface area contributed by atoms with Gasteiger partial charge in [0.2, 0.25) is 5.43 Å². The van der Waals surface area contributed by atoms with Gasteiger partial charge < -0.3 is 4.74 Å². The zero-order valence-electron chi connectivity index (χ0n) is 10.2. The molecule has 2 rings (SSSR count). The number of para-hydroxylation sites is 1. The van der Waals surface area contributed by atoms with Crippen molar-refractivity contribution >= 4 is 16.9 Å². The summed E-state index contributed by atoms with van der Waals surface area (Å²) in [4.78, 5) is 23.0. The Bertz CT molecular complexity index is 698. The number of rotatable bonds is 4. The molecule has 5 nitrogen and oxygen atoms in total. The smallest absolute Gasteiger partial charge is 0.308 e. The predicted molar refractivity (Wildman–Crippen MR) is 70.4 cm³/mol. The molecular formula is C14H12N2O3. The summed E-state index contributed by atoms with van der Waals surface area (Å²) in [5, 5.41) is 4.59. The van der Waals surface area contributed by atoms with Gasteiger partial charge in [-0.25, -0.2) is 0 Å². The predicted octanol–water partition coefficient (Wildman–Crippen LogP) is 0.963. The highest BCUT2D eigenvalue weighted by atomic mass is 16.5. The molecule has 0 amide bonds. The number of benzene rings is 1. The Hall–Kier alpha value is -2.61. The second kappa shape index (κ2) is 5.83. The van der Waals surface area contributed by atoms with Crippen molar-refractivity contribution in [2.24, 2.45) is 0 Å². The molecule has 0 aliphatic heterocycles. The molecule has 0 aliphatic rings. The summed E-state index contributed by atoms with van der Waals surface area (Å²) in [7, 11) is 0. The molecule has 0 aliphatic carbocycles. The summed E-state index contributed by atoms with van der Waals surface area (Å²) in [5.74, 6) is 1.84. The molecule has 0 bridgehead atoms. The normalized spacial score (nSPS) is 10.1. The van der Waals surface area contributed by atoms with E-state index in [0.29, 0.717) is 17.4 Å². The van der Waals surface area contributed by atoms with Crippen LogP contribution in [0.25, 0.3) is 10.9 Å². The molecule has 0 spiro atoms. The fourth-order valence-electron chi connectivity index (χ4n) is 1.73. The number of aryl methyl sites for hydroxylation is 1. The van der Waals surface area contributed by atoms with Crippen molar-refractivity contribution in [2.75, 3.05) is 6.61 Å². The van der Waals surface area contributed by atoms with E-state index in [1.54, 1.807) is 22.9 Å². The Kier molecular flexibility index (Phi) is 3.94. The highest BCUT2D eigenvalue weighted by Gasteiger charge is 2.06. The lowest BCUT2D eigenvalue weighted by molar-refractivity contribution is -0.142. The van der Waals surface area contributed by atoms with E-state index in [1.165, 1.54) is 6.20 Å². The first kappa shape index (κ1) is 12.8. The van der Waals surface area contributed by atoms with Crippen LogP contribution < -0.4 is 5.43 Å². The molecule has 1 heterocycles. The maximum absolute atomic E-state index is 11.6. The Morgan fingerprint density at radius 1 is 1.42 bits per heavy atom. The number of nitrogens with zero attached hydrogens (tertiary/aromatic N) is 2. The van der Waals surface area contributed by atoms with Crippen LogP contribution in [0.4, 0.5) is 0 Å². The van der Waals surface area contributed by atoms with Crippen molar-refractivity contribution in [3.8, 4) is 12.3 Å². The number of aromatic nitrogens is 2. The molecule has 5 heteroatoms. The average Bonchev–Trinajstić information content (AvgIpc) is 2.45. The van der Waals surface area contributed by atoms with Crippen LogP contribution in [0, 0.1) is 12.3 Å². The number of carbonyl (C=O) groups excluding carboxylic acids is 1. The minimum Gasteiger partial charge on any atom is -0.452 e. The van der Waals surface area contributed by atoms with Crippen LogP contribution >= 0.6 is 0 Å². The van der Waals surface area contributed by atoms with Gasteiger partial charge >= 0.3 is 5.97 Å². The molecule has 1 aromatic heterocycles. The van der Waals surface area contributed by atoms with Crippen molar-refractivity contribution in [3.63, 3.8) is 0 Å². The molecular weight excluding hydrogens is 244 g/mol. The lowest BCUT2D eigenvalue weighted by Gasteiger charge is -2.08. The molecule has 0 N–H and O–H groups in total. The third kappa shape index (κ3) is 2.99. The molecule has 0 atom stereocenters. The van der Waals surface area contributed by atoms with Crippen LogP contribution in [0.3, 0.4) is 0 Å². The zero-order valence-corrected chi connectivity index (χ0v) is 10.2. The minimum absolute atomic E-state index is 0.0306. The Morgan fingerprint density at radius 3 is 3.00 bits per heavy atom. The summed E-state index contributed by atoms with van der Waals surface area (Å²) in [6, 6.07) is 7.12. The first-order valence-corrected chi connectivity index (χ1v) is 5.76. The van der Waals surface area contributed by atoms with Crippen LogP contribution in [0.5, 0.6) is 0 Å². The molecule has 2 aromatic rings. The van der Waals surface area contributed by atoms with Crippen LogP contribution in [-0.2, 0) is 16.1 Å². The number of fused-ring (bicyclic) bond motifs is 1. The van der Waals surface area contributed by atoms with Crippen LogP contribution in [0.15, 0.2) is 35.3 Å². The number of ether oxygens (including phenoxy) is 1. The van der Waals surface area contributed by atoms with E-state index in [4.69, 9.17) is 11.2 Å². The van der Waals surface area contributed by atoms with Crippen molar-refractivity contribution < 1.29 is 9.53 Å². The van der Waals surface area contributed by atoms with E-state index in [0.717, 1.165) is 0 Å². The van der Waals surface area contributed by atoms with E-state index in [-0.39, 0.29) is 24.4 Å². The Labute approximate surface area is 109 Å². The summed E-state index contributed by atoms with van der Waals surface area (Å²) in [6.07, 6.45) is 6.40. The van der Waals surface area contributed by atoms with Crippen LogP contribution in [-0.4, -0.2) is 22.4 Å². The molecule has 0 fully saturated rings. The third-order valence-electron chi connectivity index (χ3n) is 2.61. The lowest BCUT2D eigenvalue weighted by Crippen LogP contribution is -2.15. The molecule has 0 unspecified atom stereocenters. The quantitative estimate of drug-likeness (QED) is 0.604. The van der Waals surface area contributed by atoms with Gasteiger partial charge in [-0.2, -0.15) is 5.10 Å². The van der Waals surface area contributed by atoms with Gasteiger partial charge in [0, 0.05) is 5.39 Å². The van der Waals surface area contributed by atoms with Gasteiger partial charge in [0.1, 0.15) is 0 Å². The summed E-state index contributed by atoms with van der Waals surface area (Å²) in [6.45, 7) is 0.307. The second-order valence-corrected chi connectivity index (χ2v) is 3.86. The SMILES string of the molecule is C#CCOC(=O)CCn1ncc(=O)c2ccccc21. The van der Waals surface area contributed by atoms with Gasteiger partial charge in [0.25, 0.3) is 0 Å². The minimum atomic E-state index is -0.387. The van der Waals surface area contributed by atoms with Crippen molar-refractivity contribution in [2.45, 2.75) is 13.0 Å². The second-order valence-electron chi connectivity index (χ2n) is 3.86. The van der Waals surface area contributed by atoms with E-state index < -0.39 is 0 Å². The van der Waals surface area contributed by atoms with Crippen molar-refractivity contribution in [1.29, 1.82) is 0 Å². The summed E-state index contributed by atoms with van der Waals surface area (Å²) >= 11 is 0. The standard InChI is InChI=1S/C14H12N2O3/c1-2-9-19-14(18)7-8-16-12-6-4-3-5-11(12)13(17)10-15-16/h1,3-6,10H,7-9H2. The molecule has 0 saturated carbocycles. The summed E-state index contributed by atoms with van der Waals surface area (Å²) in [5.41, 5.74) is 0.557. The number of hydrogen-bond donors (Lipinski definition) is 0. The topological polar surface area (TPSA) is 61.2 Å². The lowest BCUT2D eigenvalue weighted by atomic mass is 10.2. The van der Waals surface area contributed by atoms with Crippen molar-refractivity contribution in [1.82, 2.24) is 9.78 Å². The molecule has 1 aromatic carbocycles. The van der Waals surface area contributed by atoms with E-state index >= 15 is 0 Å². The number of hydrogen-bond acceptors (Lipinski definition) is 4. The fraction of sp³-hybridized carbons (Fsp3) is 0.214. The summed E-state index contributed by atoms with van der Waals surface area (Å²) < 4.78 is 6.38. The zero-order chi connectivity index (χ0) is 13.7. The molecule has 19 heavy (non-hydrogen) atoms. The number of esters is 1. The number of carbonyl (C=O) groups is 1. The largest absolute Gasteiger partial charge is 0.452 e. The molecule has 96 valence electrons. The highest BCUT2D eigenvalue weighted by molar-refractivity contribution is 5.78. The average molecular weight is 256 g/mol. The Balaban J connectivity index is 2.18. The fourth-order valence-corrected chi connectivity index (χ4v) is 1.73. The molecule has 0 radical (unpaired) electrons. The first-order valence-electron chi connectivity index (χ1n) is 5.76. The van der Waals surface area contributed by atoms with E-state index in [9.17, 15) is 9.59 Å².